The highest BCUT2D eigenvalue weighted by molar-refractivity contribution is 7.15. The molecule has 1 aromatic heterocycles. The summed E-state index contributed by atoms with van der Waals surface area (Å²) in [7, 11) is 0. The molecule has 2 rings (SSSR count). The zero-order chi connectivity index (χ0) is 13.9. The first-order valence-electron chi connectivity index (χ1n) is 6.55. The number of piperidine rings is 1. The van der Waals surface area contributed by atoms with Gasteiger partial charge in [-0.1, -0.05) is 18.3 Å². The van der Waals surface area contributed by atoms with E-state index in [1.165, 1.54) is 11.3 Å². The molecule has 0 spiro atoms. The molecule has 0 radical (unpaired) electrons. The molecule has 1 saturated heterocycles. The predicted octanol–water partition coefficient (Wildman–Crippen LogP) is 1.86. The zero-order valence-electron chi connectivity index (χ0n) is 11.3. The van der Waals surface area contributed by atoms with Crippen LogP contribution >= 0.6 is 11.3 Å². The van der Waals surface area contributed by atoms with E-state index in [2.05, 4.69) is 22.4 Å². The molecule has 0 bridgehead atoms. The van der Waals surface area contributed by atoms with Crippen molar-refractivity contribution < 1.29 is 9.90 Å². The third-order valence-corrected chi connectivity index (χ3v) is 4.53. The Kier molecular flexibility index (Phi) is 4.36. The van der Waals surface area contributed by atoms with E-state index < -0.39 is 0 Å². The number of carbonyl (C=O) groups is 1. The van der Waals surface area contributed by atoms with Crippen LogP contribution in [0.5, 0.6) is 0 Å². The van der Waals surface area contributed by atoms with Crippen molar-refractivity contribution in [3.8, 4) is 0 Å². The number of aromatic nitrogens is 2. The van der Waals surface area contributed by atoms with Crippen molar-refractivity contribution in [2.45, 2.75) is 33.1 Å². The number of hydrogen-bond donors (Lipinski definition) is 2. The fraction of sp³-hybridized carbons (Fsp3) is 0.750. The number of nitrogens with zero attached hydrogens (tertiary/aromatic N) is 3. The molecule has 0 aromatic carbocycles. The summed E-state index contributed by atoms with van der Waals surface area (Å²) in [6.45, 7) is 5.37. The van der Waals surface area contributed by atoms with E-state index in [1.807, 2.05) is 6.92 Å². The minimum atomic E-state index is -0.151. The number of likely N-dealkylation sites (tertiary alicyclic amines) is 1. The number of anilines is 1. The lowest BCUT2D eigenvalue weighted by Gasteiger charge is -2.41. The van der Waals surface area contributed by atoms with Gasteiger partial charge in [-0.05, 0) is 26.2 Å². The summed E-state index contributed by atoms with van der Waals surface area (Å²) in [5.74, 6) is 0. The van der Waals surface area contributed by atoms with Gasteiger partial charge in [0.25, 0.3) is 0 Å². The maximum Gasteiger partial charge on any atom is 0.323 e. The molecule has 1 aromatic rings. The number of amides is 2. The lowest BCUT2D eigenvalue weighted by atomic mass is 9.78. The summed E-state index contributed by atoms with van der Waals surface area (Å²) >= 11 is 1.36. The van der Waals surface area contributed by atoms with Crippen LogP contribution in [0.15, 0.2) is 0 Å². The van der Waals surface area contributed by atoms with Crippen LogP contribution < -0.4 is 5.32 Å². The molecule has 2 heterocycles. The van der Waals surface area contributed by atoms with Gasteiger partial charge < -0.3 is 10.0 Å². The summed E-state index contributed by atoms with van der Waals surface area (Å²) in [6, 6.07) is -0.151. The summed E-state index contributed by atoms with van der Waals surface area (Å²) < 4.78 is 0. The summed E-state index contributed by atoms with van der Waals surface area (Å²) in [6.07, 6.45) is 2.78. The second-order valence-corrected chi connectivity index (χ2v) is 6.27. The van der Waals surface area contributed by atoms with E-state index in [-0.39, 0.29) is 18.1 Å². The molecule has 0 saturated carbocycles. The van der Waals surface area contributed by atoms with Crippen LogP contribution in [0, 0.1) is 12.3 Å². The van der Waals surface area contributed by atoms with Gasteiger partial charge in [-0.3, -0.25) is 5.32 Å². The Balaban J connectivity index is 1.99. The maximum atomic E-state index is 12.2. The van der Waals surface area contributed by atoms with Gasteiger partial charge >= 0.3 is 6.03 Å². The SMILES string of the molecule is CCC1(CO)CCCN(C(=O)Nc2nnc(C)s2)C1. The normalized spacial score (nSPS) is 23.4. The minimum Gasteiger partial charge on any atom is -0.396 e. The number of nitrogens with one attached hydrogen (secondary N) is 1. The van der Waals surface area contributed by atoms with E-state index in [9.17, 15) is 9.90 Å². The van der Waals surface area contributed by atoms with E-state index in [1.54, 1.807) is 4.90 Å². The molecule has 106 valence electrons. The van der Waals surface area contributed by atoms with Crippen LogP contribution in [0.25, 0.3) is 0 Å². The number of urea groups is 1. The number of aryl methyl sites for hydroxylation is 1. The summed E-state index contributed by atoms with van der Waals surface area (Å²) in [5, 5.41) is 21.4. The van der Waals surface area contributed by atoms with Gasteiger partial charge in [-0.15, -0.1) is 10.2 Å². The lowest BCUT2D eigenvalue weighted by molar-refractivity contribution is 0.0468. The molecule has 2 amide bonds. The standard InChI is InChI=1S/C12H20N4O2S/c1-3-12(8-17)5-4-6-16(7-12)11(18)13-10-15-14-9(2)19-10/h17H,3-8H2,1-2H3,(H,13,15,18). The van der Waals surface area contributed by atoms with Crippen LogP contribution in [0.3, 0.4) is 0 Å². The zero-order valence-corrected chi connectivity index (χ0v) is 12.2. The first-order valence-corrected chi connectivity index (χ1v) is 7.37. The molecule has 1 aliphatic heterocycles. The number of aliphatic hydroxyl groups is 1. The van der Waals surface area contributed by atoms with Crippen molar-refractivity contribution in [2.75, 3.05) is 25.0 Å². The van der Waals surface area contributed by atoms with Crippen molar-refractivity contribution in [3.05, 3.63) is 5.01 Å². The molecular formula is C12H20N4O2S. The fourth-order valence-electron chi connectivity index (χ4n) is 2.43. The molecule has 1 unspecified atom stereocenters. The minimum absolute atomic E-state index is 0.130. The molecule has 7 heteroatoms. The van der Waals surface area contributed by atoms with E-state index in [0.717, 1.165) is 30.8 Å². The van der Waals surface area contributed by atoms with Crippen molar-refractivity contribution in [1.29, 1.82) is 0 Å². The van der Waals surface area contributed by atoms with E-state index >= 15 is 0 Å². The maximum absolute atomic E-state index is 12.2. The first kappa shape index (κ1) is 14.2. The molecule has 19 heavy (non-hydrogen) atoms. The highest BCUT2D eigenvalue weighted by atomic mass is 32.1. The Bertz CT molecular complexity index is 445. The third-order valence-electron chi connectivity index (χ3n) is 3.77. The predicted molar refractivity (Wildman–Crippen MR) is 74.3 cm³/mol. The van der Waals surface area contributed by atoms with Crippen LogP contribution in [-0.2, 0) is 0 Å². The Morgan fingerprint density at radius 2 is 2.37 bits per heavy atom. The summed E-state index contributed by atoms with van der Waals surface area (Å²) in [5.41, 5.74) is -0.146. The van der Waals surface area contributed by atoms with Gasteiger partial charge in [-0.25, -0.2) is 4.79 Å². The average Bonchev–Trinajstić information content (AvgIpc) is 2.84. The Morgan fingerprint density at radius 3 is 2.95 bits per heavy atom. The van der Waals surface area contributed by atoms with Crippen molar-refractivity contribution in [1.82, 2.24) is 15.1 Å². The monoisotopic (exact) mass is 284 g/mol. The molecule has 0 aliphatic carbocycles. The fourth-order valence-corrected chi connectivity index (χ4v) is 3.01. The highest BCUT2D eigenvalue weighted by Crippen LogP contribution is 2.33. The van der Waals surface area contributed by atoms with Crippen LogP contribution in [0.4, 0.5) is 9.93 Å². The van der Waals surface area contributed by atoms with Gasteiger partial charge in [0.15, 0.2) is 0 Å². The molecule has 6 nitrogen and oxygen atoms in total. The van der Waals surface area contributed by atoms with Gasteiger partial charge in [0, 0.05) is 18.5 Å². The van der Waals surface area contributed by atoms with E-state index in [4.69, 9.17) is 0 Å². The second kappa shape index (κ2) is 5.83. The van der Waals surface area contributed by atoms with Crippen molar-refractivity contribution >= 4 is 22.5 Å². The third kappa shape index (κ3) is 3.22. The molecule has 1 aliphatic rings. The van der Waals surface area contributed by atoms with Crippen LogP contribution in [0.1, 0.15) is 31.2 Å². The average molecular weight is 284 g/mol. The van der Waals surface area contributed by atoms with Gasteiger partial charge in [0.05, 0.1) is 6.61 Å². The molecular weight excluding hydrogens is 264 g/mol. The second-order valence-electron chi connectivity index (χ2n) is 5.09. The van der Waals surface area contributed by atoms with Gasteiger partial charge in [0.1, 0.15) is 5.01 Å². The molecule has 1 atom stereocenters. The lowest BCUT2D eigenvalue weighted by Crippen LogP contribution is -2.49. The Morgan fingerprint density at radius 1 is 1.58 bits per heavy atom. The summed E-state index contributed by atoms with van der Waals surface area (Å²) in [4.78, 5) is 13.9. The number of aliphatic hydroxyl groups excluding tert-OH is 1. The highest BCUT2D eigenvalue weighted by Gasteiger charge is 2.35. The smallest absolute Gasteiger partial charge is 0.323 e. The first-order chi connectivity index (χ1) is 9.08. The van der Waals surface area contributed by atoms with Crippen molar-refractivity contribution in [2.24, 2.45) is 5.41 Å². The largest absolute Gasteiger partial charge is 0.396 e. The Hall–Kier alpha value is -1.21. The van der Waals surface area contributed by atoms with E-state index in [0.29, 0.717) is 11.7 Å². The number of rotatable bonds is 3. The number of carbonyl (C=O) groups excluding carboxylic acids is 1. The number of hydrogen-bond acceptors (Lipinski definition) is 5. The molecule has 2 N–H and O–H groups in total. The quantitative estimate of drug-likeness (QED) is 0.888. The molecule has 1 fully saturated rings. The van der Waals surface area contributed by atoms with Crippen LogP contribution in [0.2, 0.25) is 0 Å². The Labute approximate surface area is 116 Å². The van der Waals surface area contributed by atoms with Crippen molar-refractivity contribution in [3.63, 3.8) is 0 Å². The van der Waals surface area contributed by atoms with Gasteiger partial charge in [-0.2, -0.15) is 0 Å². The van der Waals surface area contributed by atoms with Crippen LogP contribution in [-0.4, -0.2) is 45.9 Å². The topological polar surface area (TPSA) is 78.4 Å². The van der Waals surface area contributed by atoms with Gasteiger partial charge in [0.2, 0.25) is 5.13 Å².